The summed E-state index contributed by atoms with van der Waals surface area (Å²) in [6, 6.07) is 3.07. The van der Waals surface area contributed by atoms with Crippen molar-refractivity contribution in [2.75, 3.05) is 14.1 Å². The Morgan fingerprint density at radius 1 is 1.42 bits per heavy atom. The number of hydrogen-bond acceptors (Lipinski definition) is 3. The first-order chi connectivity index (χ1) is 5.44. The molecule has 0 radical (unpaired) electrons. The van der Waals surface area contributed by atoms with Crippen LogP contribution >= 0.6 is 22.9 Å². The van der Waals surface area contributed by atoms with Crippen molar-refractivity contribution in [3.8, 4) is 0 Å². The third-order valence-electron chi connectivity index (χ3n) is 1.28. The van der Waals surface area contributed by atoms with Gasteiger partial charge in [-0.25, -0.2) is 12.7 Å². The van der Waals surface area contributed by atoms with Gasteiger partial charge in [0.1, 0.15) is 4.21 Å². The summed E-state index contributed by atoms with van der Waals surface area (Å²) in [5.74, 6) is 0. The minimum absolute atomic E-state index is 0.275. The lowest BCUT2D eigenvalue weighted by molar-refractivity contribution is 0.523. The Kier molecular flexibility index (Phi) is 2.77. The van der Waals surface area contributed by atoms with Crippen molar-refractivity contribution in [2.24, 2.45) is 0 Å². The van der Waals surface area contributed by atoms with Crippen LogP contribution in [0.2, 0.25) is 4.34 Å². The summed E-state index contributed by atoms with van der Waals surface area (Å²) in [5, 5.41) is 0. The summed E-state index contributed by atoms with van der Waals surface area (Å²) in [7, 11) is -0.311. The molecule has 1 rings (SSSR count). The highest BCUT2D eigenvalue weighted by molar-refractivity contribution is 7.91. The number of thiophene rings is 1. The molecular formula is C6H8ClNO2S2. The van der Waals surface area contributed by atoms with Crippen LogP contribution in [0.1, 0.15) is 0 Å². The molecule has 0 saturated heterocycles. The van der Waals surface area contributed by atoms with Gasteiger partial charge in [-0.1, -0.05) is 11.6 Å². The van der Waals surface area contributed by atoms with E-state index in [2.05, 4.69) is 0 Å². The lowest BCUT2D eigenvalue weighted by Crippen LogP contribution is -2.21. The van der Waals surface area contributed by atoms with Crippen molar-refractivity contribution < 1.29 is 8.42 Å². The van der Waals surface area contributed by atoms with Crippen LogP contribution in [0.15, 0.2) is 16.3 Å². The van der Waals surface area contributed by atoms with Crippen LogP contribution in [0.4, 0.5) is 0 Å². The number of rotatable bonds is 2. The first kappa shape index (κ1) is 9.98. The third-order valence-corrected chi connectivity index (χ3v) is 4.80. The van der Waals surface area contributed by atoms with Gasteiger partial charge in [0.2, 0.25) is 0 Å². The van der Waals surface area contributed by atoms with Crippen LogP contribution in [0.5, 0.6) is 0 Å². The quantitative estimate of drug-likeness (QED) is 0.768. The largest absolute Gasteiger partial charge is 0.252 e. The standard InChI is InChI=1S/C6H8ClNO2S2/c1-8(2)12(9,10)6-4-3-5(7)11-6/h3-4H,1-2H3. The Bertz CT molecular complexity index is 369. The van der Waals surface area contributed by atoms with Crippen molar-refractivity contribution in [1.82, 2.24) is 4.31 Å². The molecule has 1 aromatic rings. The van der Waals surface area contributed by atoms with Crippen LogP contribution in [-0.2, 0) is 10.0 Å². The van der Waals surface area contributed by atoms with Gasteiger partial charge in [0, 0.05) is 14.1 Å². The highest BCUT2D eigenvalue weighted by Crippen LogP contribution is 2.26. The van der Waals surface area contributed by atoms with Crippen molar-refractivity contribution in [3.63, 3.8) is 0 Å². The van der Waals surface area contributed by atoms with Crippen molar-refractivity contribution in [1.29, 1.82) is 0 Å². The molecule has 1 heterocycles. The molecule has 0 N–H and O–H groups in total. The number of sulfonamides is 1. The molecule has 0 atom stereocenters. The lowest BCUT2D eigenvalue weighted by Gasteiger charge is -2.07. The first-order valence-corrected chi connectivity index (χ1v) is 5.76. The molecule has 0 saturated carbocycles. The zero-order valence-corrected chi connectivity index (χ0v) is 9.00. The van der Waals surface area contributed by atoms with Gasteiger partial charge in [-0.15, -0.1) is 11.3 Å². The van der Waals surface area contributed by atoms with Crippen LogP contribution in [0, 0.1) is 0 Å². The van der Waals surface area contributed by atoms with Crippen molar-refractivity contribution >= 4 is 33.0 Å². The van der Waals surface area contributed by atoms with Crippen LogP contribution < -0.4 is 0 Å². The summed E-state index contributed by atoms with van der Waals surface area (Å²) < 4.78 is 24.8. The van der Waals surface area contributed by atoms with Gasteiger partial charge in [-0.05, 0) is 12.1 Å². The third kappa shape index (κ3) is 1.80. The predicted octanol–water partition coefficient (Wildman–Crippen LogP) is 1.65. The summed E-state index contributed by atoms with van der Waals surface area (Å²) in [5.41, 5.74) is 0. The highest BCUT2D eigenvalue weighted by atomic mass is 35.5. The smallest absolute Gasteiger partial charge is 0.206 e. The van der Waals surface area contributed by atoms with Crippen molar-refractivity contribution in [3.05, 3.63) is 16.5 Å². The Labute approximate surface area is 80.6 Å². The molecule has 12 heavy (non-hydrogen) atoms. The molecule has 6 heteroatoms. The average molecular weight is 226 g/mol. The molecule has 0 aliphatic rings. The second-order valence-corrected chi connectivity index (χ2v) is 6.44. The summed E-state index contributed by atoms with van der Waals surface area (Å²) in [4.78, 5) is 0. The molecule has 0 aliphatic carbocycles. The monoisotopic (exact) mass is 225 g/mol. The van der Waals surface area contributed by atoms with E-state index < -0.39 is 10.0 Å². The van der Waals surface area contributed by atoms with Crippen LogP contribution in [-0.4, -0.2) is 26.8 Å². The summed E-state index contributed by atoms with van der Waals surface area (Å²) in [6.07, 6.45) is 0. The summed E-state index contributed by atoms with van der Waals surface area (Å²) in [6.45, 7) is 0. The fourth-order valence-corrected chi connectivity index (χ4v) is 3.27. The molecule has 0 spiro atoms. The zero-order valence-electron chi connectivity index (χ0n) is 6.61. The molecule has 3 nitrogen and oxygen atoms in total. The number of halogens is 1. The molecule has 1 aromatic heterocycles. The molecule has 0 bridgehead atoms. The van der Waals surface area contributed by atoms with Gasteiger partial charge >= 0.3 is 0 Å². The van der Waals surface area contributed by atoms with E-state index in [0.717, 1.165) is 15.6 Å². The molecule has 0 fully saturated rings. The first-order valence-electron chi connectivity index (χ1n) is 3.12. The fraction of sp³-hybridized carbons (Fsp3) is 0.333. The Hall–Kier alpha value is -0.100. The van der Waals surface area contributed by atoms with E-state index in [-0.39, 0.29) is 4.21 Å². The Morgan fingerprint density at radius 3 is 2.33 bits per heavy atom. The average Bonchev–Trinajstić information content (AvgIpc) is 2.35. The maximum atomic E-state index is 11.4. The van der Waals surface area contributed by atoms with Gasteiger partial charge in [-0.2, -0.15) is 0 Å². The molecule has 0 unspecified atom stereocenters. The van der Waals surface area contributed by atoms with Gasteiger partial charge in [0.15, 0.2) is 0 Å². The fourth-order valence-electron chi connectivity index (χ4n) is 0.616. The Morgan fingerprint density at radius 2 is 2.00 bits per heavy atom. The molecule has 0 amide bonds. The minimum atomic E-state index is -3.29. The van der Waals surface area contributed by atoms with Crippen molar-refractivity contribution in [2.45, 2.75) is 4.21 Å². The van der Waals surface area contributed by atoms with E-state index in [1.165, 1.54) is 20.2 Å². The minimum Gasteiger partial charge on any atom is -0.206 e. The van der Waals surface area contributed by atoms with E-state index in [1.54, 1.807) is 6.07 Å². The van der Waals surface area contributed by atoms with Crippen LogP contribution in [0.25, 0.3) is 0 Å². The lowest BCUT2D eigenvalue weighted by atomic mass is 10.7. The van der Waals surface area contributed by atoms with E-state index in [1.807, 2.05) is 0 Å². The molecule has 0 aliphatic heterocycles. The van der Waals surface area contributed by atoms with Gasteiger partial charge in [0.05, 0.1) is 4.34 Å². The topological polar surface area (TPSA) is 37.4 Å². The molecule has 0 aromatic carbocycles. The van der Waals surface area contributed by atoms with Gasteiger partial charge in [0.25, 0.3) is 10.0 Å². The van der Waals surface area contributed by atoms with E-state index >= 15 is 0 Å². The predicted molar refractivity (Wildman–Crippen MR) is 50.2 cm³/mol. The highest BCUT2D eigenvalue weighted by Gasteiger charge is 2.18. The second kappa shape index (κ2) is 3.33. The zero-order chi connectivity index (χ0) is 9.35. The van der Waals surface area contributed by atoms with E-state index in [9.17, 15) is 8.42 Å². The maximum absolute atomic E-state index is 11.4. The Balaban J connectivity index is 3.15. The van der Waals surface area contributed by atoms with Gasteiger partial charge in [-0.3, -0.25) is 0 Å². The van der Waals surface area contributed by atoms with Gasteiger partial charge < -0.3 is 0 Å². The molecular weight excluding hydrogens is 218 g/mol. The van der Waals surface area contributed by atoms with Crippen LogP contribution in [0.3, 0.4) is 0 Å². The van der Waals surface area contributed by atoms with E-state index in [0.29, 0.717) is 4.34 Å². The maximum Gasteiger partial charge on any atom is 0.252 e. The summed E-state index contributed by atoms with van der Waals surface area (Å²) >= 11 is 6.67. The normalized spacial score (nSPS) is 12.3. The molecule has 68 valence electrons. The number of nitrogens with zero attached hydrogens (tertiary/aromatic N) is 1. The second-order valence-electron chi connectivity index (χ2n) is 2.35. The SMILES string of the molecule is CN(C)S(=O)(=O)c1ccc(Cl)s1. The number of hydrogen-bond donors (Lipinski definition) is 0. The van der Waals surface area contributed by atoms with E-state index in [4.69, 9.17) is 11.6 Å².